The highest BCUT2D eigenvalue weighted by Gasteiger charge is 2.21. The Hall–Kier alpha value is -0.290. The fourth-order valence-electron chi connectivity index (χ4n) is 2.26. The van der Waals surface area contributed by atoms with Crippen LogP contribution in [0.15, 0.2) is 24.3 Å². The number of rotatable bonds is 4. The van der Waals surface area contributed by atoms with E-state index >= 15 is 0 Å². The maximum Gasteiger partial charge on any atom is 0.0376 e. The van der Waals surface area contributed by atoms with Gasteiger partial charge in [0.15, 0.2) is 0 Å². The monoisotopic (exact) mass is 330 g/mol. The molecule has 16 heavy (non-hydrogen) atoms. The van der Waals surface area contributed by atoms with Crippen molar-refractivity contribution in [1.29, 1.82) is 0 Å². The lowest BCUT2D eigenvalue weighted by atomic mass is 10.1. The minimum atomic E-state index is 0.817. The molecule has 0 aromatic heterocycles. The Bertz CT molecular complexity index is 340. The zero-order valence-corrected chi connectivity index (χ0v) is 11.9. The Morgan fingerprint density at radius 2 is 2.38 bits per heavy atom. The van der Waals surface area contributed by atoms with Crippen LogP contribution in [0.5, 0.6) is 0 Å². The van der Waals surface area contributed by atoms with Gasteiger partial charge in [-0.05, 0) is 66.2 Å². The fourth-order valence-corrected chi connectivity index (χ4v) is 2.78. The molecular weight excluding hydrogens is 311 g/mol. The van der Waals surface area contributed by atoms with Crippen molar-refractivity contribution in [1.82, 2.24) is 5.32 Å². The summed E-state index contributed by atoms with van der Waals surface area (Å²) in [5.74, 6) is 0.817. The van der Waals surface area contributed by atoms with E-state index in [1.54, 1.807) is 0 Å². The van der Waals surface area contributed by atoms with Crippen molar-refractivity contribution in [2.24, 2.45) is 5.92 Å². The molecule has 1 unspecified atom stereocenters. The van der Waals surface area contributed by atoms with Gasteiger partial charge in [0.25, 0.3) is 0 Å². The molecule has 0 spiro atoms. The van der Waals surface area contributed by atoms with Crippen molar-refractivity contribution in [3.63, 3.8) is 0 Å². The highest BCUT2D eigenvalue weighted by atomic mass is 127. The minimum Gasteiger partial charge on any atom is -0.371 e. The van der Waals surface area contributed by atoms with E-state index in [9.17, 15) is 0 Å². The number of halogens is 1. The molecule has 1 aliphatic heterocycles. The van der Waals surface area contributed by atoms with Gasteiger partial charge in [0.1, 0.15) is 0 Å². The van der Waals surface area contributed by atoms with Gasteiger partial charge in [-0.3, -0.25) is 0 Å². The first-order chi connectivity index (χ1) is 7.79. The first-order valence-corrected chi connectivity index (χ1v) is 7.08. The van der Waals surface area contributed by atoms with Crippen molar-refractivity contribution in [2.45, 2.75) is 13.3 Å². The standard InChI is InChI=1S/C13H19IN2/c1-2-15-9-11-6-7-16(10-11)13-5-3-4-12(14)8-13/h3-5,8,11,15H,2,6-7,9-10H2,1H3. The molecule has 0 aliphatic carbocycles. The van der Waals surface area contributed by atoms with Crippen LogP contribution in [0.3, 0.4) is 0 Å². The lowest BCUT2D eigenvalue weighted by Gasteiger charge is -2.19. The molecule has 1 saturated heterocycles. The summed E-state index contributed by atoms with van der Waals surface area (Å²) in [6.07, 6.45) is 1.32. The fraction of sp³-hybridized carbons (Fsp3) is 0.538. The Morgan fingerprint density at radius 3 is 3.12 bits per heavy atom. The van der Waals surface area contributed by atoms with E-state index in [4.69, 9.17) is 0 Å². The van der Waals surface area contributed by atoms with Gasteiger partial charge in [-0.25, -0.2) is 0 Å². The van der Waals surface area contributed by atoms with Crippen molar-refractivity contribution in [2.75, 3.05) is 31.1 Å². The molecule has 0 bridgehead atoms. The number of nitrogens with one attached hydrogen (secondary N) is 1. The van der Waals surface area contributed by atoms with E-state index in [2.05, 4.69) is 64.0 Å². The van der Waals surface area contributed by atoms with Gasteiger partial charge in [0, 0.05) is 22.3 Å². The van der Waals surface area contributed by atoms with Crippen LogP contribution in [0.1, 0.15) is 13.3 Å². The first-order valence-electron chi connectivity index (χ1n) is 6.01. The molecule has 0 radical (unpaired) electrons. The quantitative estimate of drug-likeness (QED) is 0.854. The first kappa shape index (κ1) is 12.2. The van der Waals surface area contributed by atoms with Crippen molar-refractivity contribution in [3.05, 3.63) is 27.8 Å². The maximum atomic E-state index is 3.45. The second-order valence-electron chi connectivity index (χ2n) is 4.39. The Labute approximate surface area is 112 Å². The van der Waals surface area contributed by atoms with Gasteiger partial charge in [0.05, 0.1) is 0 Å². The topological polar surface area (TPSA) is 15.3 Å². The van der Waals surface area contributed by atoms with Crippen molar-refractivity contribution >= 4 is 28.3 Å². The molecule has 1 aromatic carbocycles. The number of hydrogen-bond donors (Lipinski definition) is 1. The second-order valence-corrected chi connectivity index (χ2v) is 5.63. The molecule has 2 rings (SSSR count). The van der Waals surface area contributed by atoms with E-state index in [-0.39, 0.29) is 0 Å². The van der Waals surface area contributed by atoms with Gasteiger partial charge in [-0.2, -0.15) is 0 Å². The summed E-state index contributed by atoms with van der Waals surface area (Å²) in [6, 6.07) is 8.79. The lowest BCUT2D eigenvalue weighted by molar-refractivity contribution is 0.528. The van der Waals surface area contributed by atoms with Crippen LogP contribution in [0.4, 0.5) is 5.69 Å². The molecule has 1 N–H and O–H groups in total. The van der Waals surface area contributed by atoms with Crippen LogP contribution in [0, 0.1) is 9.49 Å². The molecule has 1 aromatic rings. The van der Waals surface area contributed by atoms with Crippen LogP contribution in [-0.4, -0.2) is 26.2 Å². The van der Waals surface area contributed by atoms with Gasteiger partial charge in [0.2, 0.25) is 0 Å². The van der Waals surface area contributed by atoms with E-state index in [0.29, 0.717) is 0 Å². The number of anilines is 1. The Morgan fingerprint density at radius 1 is 1.50 bits per heavy atom. The van der Waals surface area contributed by atoms with E-state index in [0.717, 1.165) is 19.0 Å². The normalized spacial score (nSPS) is 20.4. The van der Waals surface area contributed by atoms with Gasteiger partial charge in [-0.15, -0.1) is 0 Å². The Kier molecular flexibility index (Phi) is 4.46. The number of nitrogens with zero attached hydrogens (tertiary/aromatic N) is 1. The predicted molar refractivity (Wildman–Crippen MR) is 78.0 cm³/mol. The number of hydrogen-bond acceptors (Lipinski definition) is 2. The third-order valence-corrected chi connectivity index (χ3v) is 3.81. The summed E-state index contributed by atoms with van der Waals surface area (Å²) in [4.78, 5) is 2.50. The summed E-state index contributed by atoms with van der Waals surface area (Å²) >= 11 is 2.38. The highest BCUT2D eigenvalue weighted by Crippen LogP contribution is 2.24. The SMILES string of the molecule is CCNCC1CCN(c2cccc(I)c2)C1. The maximum absolute atomic E-state index is 3.45. The highest BCUT2D eigenvalue weighted by molar-refractivity contribution is 14.1. The van der Waals surface area contributed by atoms with E-state index in [1.807, 2.05) is 0 Å². The zero-order valence-electron chi connectivity index (χ0n) is 9.75. The predicted octanol–water partition coefficient (Wildman–Crippen LogP) is 2.73. The summed E-state index contributed by atoms with van der Waals surface area (Å²) in [6.45, 7) is 6.83. The molecular formula is C13H19IN2. The summed E-state index contributed by atoms with van der Waals surface area (Å²) in [5.41, 5.74) is 1.38. The third-order valence-electron chi connectivity index (χ3n) is 3.14. The third kappa shape index (κ3) is 3.10. The average molecular weight is 330 g/mol. The zero-order chi connectivity index (χ0) is 11.4. The van der Waals surface area contributed by atoms with Gasteiger partial charge >= 0.3 is 0 Å². The van der Waals surface area contributed by atoms with Gasteiger partial charge in [-0.1, -0.05) is 13.0 Å². The molecule has 0 amide bonds. The summed E-state index contributed by atoms with van der Waals surface area (Å²) in [7, 11) is 0. The molecule has 1 fully saturated rings. The van der Waals surface area contributed by atoms with Crippen LogP contribution in [0.2, 0.25) is 0 Å². The van der Waals surface area contributed by atoms with Crippen LogP contribution in [-0.2, 0) is 0 Å². The lowest BCUT2D eigenvalue weighted by Crippen LogP contribution is -2.26. The van der Waals surface area contributed by atoms with E-state index in [1.165, 1.54) is 28.8 Å². The van der Waals surface area contributed by atoms with Gasteiger partial charge < -0.3 is 10.2 Å². The second kappa shape index (κ2) is 5.87. The molecule has 88 valence electrons. The largest absolute Gasteiger partial charge is 0.371 e. The smallest absolute Gasteiger partial charge is 0.0376 e. The molecule has 1 atom stereocenters. The minimum absolute atomic E-state index is 0.817. The summed E-state index contributed by atoms with van der Waals surface area (Å²) in [5, 5.41) is 3.45. The molecule has 1 aliphatic rings. The molecule has 0 saturated carbocycles. The molecule has 1 heterocycles. The molecule has 3 heteroatoms. The Balaban J connectivity index is 1.93. The van der Waals surface area contributed by atoms with Crippen molar-refractivity contribution in [3.8, 4) is 0 Å². The molecule has 2 nitrogen and oxygen atoms in total. The van der Waals surface area contributed by atoms with Crippen LogP contribution < -0.4 is 10.2 Å². The van der Waals surface area contributed by atoms with Crippen LogP contribution in [0.25, 0.3) is 0 Å². The van der Waals surface area contributed by atoms with E-state index < -0.39 is 0 Å². The van der Waals surface area contributed by atoms with Crippen LogP contribution >= 0.6 is 22.6 Å². The number of benzene rings is 1. The van der Waals surface area contributed by atoms with Crippen molar-refractivity contribution < 1.29 is 0 Å². The average Bonchev–Trinajstić information content (AvgIpc) is 2.75. The summed E-state index contributed by atoms with van der Waals surface area (Å²) < 4.78 is 1.32.